The molecule has 1 fully saturated rings. The van der Waals surface area contributed by atoms with Gasteiger partial charge in [0.05, 0.1) is 22.0 Å². The molecule has 1 aromatic heterocycles. The minimum Gasteiger partial charge on any atom is -0.342 e. The van der Waals surface area contributed by atoms with Gasteiger partial charge in [0.2, 0.25) is 11.8 Å². The average Bonchev–Trinajstić information content (AvgIpc) is 2.89. The highest BCUT2D eigenvalue weighted by Crippen LogP contribution is 2.29. The van der Waals surface area contributed by atoms with Gasteiger partial charge in [-0.2, -0.15) is 0 Å². The molecule has 1 atom stereocenters. The number of amides is 2. The van der Waals surface area contributed by atoms with Crippen molar-refractivity contribution >= 4 is 34.9 Å². The van der Waals surface area contributed by atoms with E-state index in [2.05, 4.69) is 24.1 Å². The van der Waals surface area contributed by atoms with Crippen LogP contribution in [-0.4, -0.2) is 45.3 Å². The SMILES string of the molecule is CC(C)c1nc(CN(C)C(=O)[C@H]2CSC(C)(C)C(=O)N2)cs1. The Morgan fingerprint density at radius 2 is 2.23 bits per heavy atom. The second-order valence-corrected chi connectivity index (χ2v) is 8.91. The zero-order valence-corrected chi connectivity index (χ0v) is 15.3. The van der Waals surface area contributed by atoms with Crippen LogP contribution < -0.4 is 5.32 Å². The van der Waals surface area contributed by atoms with Crippen LogP contribution >= 0.6 is 23.1 Å². The molecule has 2 rings (SSSR count). The lowest BCUT2D eigenvalue weighted by molar-refractivity contribution is -0.136. The maximum absolute atomic E-state index is 12.5. The number of carbonyl (C=O) groups is 2. The van der Waals surface area contributed by atoms with E-state index >= 15 is 0 Å². The van der Waals surface area contributed by atoms with Crippen LogP contribution in [0.15, 0.2) is 5.38 Å². The van der Waals surface area contributed by atoms with Gasteiger partial charge in [0.15, 0.2) is 0 Å². The number of rotatable bonds is 4. The van der Waals surface area contributed by atoms with E-state index in [1.54, 1.807) is 23.3 Å². The molecular weight excluding hydrogens is 318 g/mol. The largest absolute Gasteiger partial charge is 0.342 e. The first-order valence-electron chi connectivity index (χ1n) is 7.35. The Kier molecular flexibility index (Phi) is 5.17. The standard InChI is InChI=1S/C15H23N3O2S2/c1-9(2)12-16-10(7-21-12)6-18(5)13(19)11-8-22-15(3,4)14(20)17-11/h7,9,11H,6,8H2,1-5H3,(H,17,20)/t11-/m1/s1. The van der Waals surface area contributed by atoms with Crippen LogP contribution in [0.2, 0.25) is 0 Å². The Hall–Kier alpha value is -1.08. The quantitative estimate of drug-likeness (QED) is 0.912. The zero-order chi connectivity index (χ0) is 16.5. The molecule has 1 aliphatic rings. The molecule has 1 N–H and O–H groups in total. The molecule has 1 saturated heterocycles. The molecule has 2 heterocycles. The van der Waals surface area contributed by atoms with Crippen molar-refractivity contribution in [1.82, 2.24) is 15.2 Å². The molecule has 0 aromatic carbocycles. The van der Waals surface area contributed by atoms with Crippen molar-refractivity contribution in [3.05, 3.63) is 16.1 Å². The lowest BCUT2D eigenvalue weighted by atomic mass is 10.1. The summed E-state index contributed by atoms with van der Waals surface area (Å²) in [4.78, 5) is 30.6. The summed E-state index contributed by atoms with van der Waals surface area (Å²) in [5, 5.41) is 5.91. The Labute approximate surface area is 139 Å². The number of likely N-dealkylation sites (N-methyl/N-ethyl adjacent to an activating group) is 1. The number of thioether (sulfide) groups is 1. The van der Waals surface area contributed by atoms with E-state index in [0.717, 1.165) is 10.7 Å². The van der Waals surface area contributed by atoms with Gasteiger partial charge >= 0.3 is 0 Å². The van der Waals surface area contributed by atoms with Crippen LogP contribution in [0.1, 0.15) is 44.3 Å². The van der Waals surface area contributed by atoms with Crippen molar-refractivity contribution in [1.29, 1.82) is 0 Å². The Balaban J connectivity index is 1.96. The minimum atomic E-state index is -0.462. The van der Waals surface area contributed by atoms with E-state index < -0.39 is 10.8 Å². The molecule has 0 aliphatic carbocycles. The third kappa shape index (κ3) is 3.81. The number of aromatic nitrogens is 1. The van der Waals surface area contributed by atoms with Gasteiger partial charge in [-0.05, 0) is 13.8 Å². The van der Waals surface area contributed by atoms with Gasteiger partial charge in [0, 0.05) is 24.1 Å². The van der Waals surface area contributed by atoms with Gasteiger partial charge in [-0.3, -0.25) is 9.59 Å². The molecule has 5 nitrogen and oxygen atoms in total. The van der Waals surface area contributed by atoms with E-state index in [0.29, 0.717) is 18.2 Å². The van der Waals surface area contributed by atoms with Crippen LogP contribution in [0.3, 0.4) is 0 Å². The summed E-state index contributed by atoms with van der Waals surface area (Å²) in [6, 6.07) is -0.446. The number of hydrogen-bond donors (Lipinski definition) is 1. The molecule has 0 unspecified atom stereocenters. The van der Waals surface area contributed by atoms with Gasteiger partial charge in [-0.25, -0.2) is 4.98 Å². The molecule has 22 heavy (non-hydrogen) atoms. The molecule has 1 aromatic rings. The Morgan fingerprint density at radius 1 is 1.55 bits per heavy atom. The third-order valence-electron chi connectivity index (χ3n) is 3.60. The van der Waals surface area contributed by atoms with Gasteiger partial charge in [-0.15, -0.1) is 23.1 Å². The fourth-order valence-corrected chi connectivity index (χ4v) is 3.94. The molecule has 2 amide bonds. The van der Waals surface area contributed by atoms with Crippen LogP contribution in [0.25, 0.3) is 0 Å². The number of nitrogens with one attached hydrogen (secondary N) is 1. The highest BCUT2D eigenvalue weighted by molar-refractivity contribution is 8.01. The summed E-state index contributed by atoms with van der Waals surface area (Å²) in [7, 11) is 1.76. The van der Waals surface area contributed by atoms with Crippen molar-refractivity contribution < 1.29 is 9.59 Å². The molecule has 0 spiro atoms. The van der Waals surface area contributed by atoms with Crippen LogP contribution in [0.5, 0.6) is 0 Å². The maximum atomic E-state index is 12.5. The summed E-state index contributed by atoms with van der Waals surface area (Å²) in [5.74, 6) is 0.869. The zero-order valence-electron chi connectivity index (χ0n) is 13.7. The lowest BCUT2D eigenvalue weighted by Crippen LogP contribution is -2.57. The first-order valence-corrected chi connectivity index (χ1v) is 9.21. The predicted molar refractivity (Wildman–Crippen MR) is 91.1 cm³/mol. The summed E-state index contributed by atoms with van der Waals surface area (Å²) >= 11 is 3.15. The smallest absolute Gasteiger partial charge is 0.246 e. The van der Waals surface area contributed by atoms with E-state index in [4.69, 9.17) is 0 Å². The average molecular weight is 342 g/mol. The van der Waals surface area contributed by atoms with Gasteiger partial charge in [-0.1, -0.05) is 13.8 Å². The lowest BCUT2D eigenvalue weighted by Gasteiger charge is -2.34. The predicted octanol–water partition coefficient (Wildman–Crippen LogP) is 2.24. The van der Waals surface area contributed by atoms with E-state index in [1.807, 2.05) is 19.2 Å². The van der Waals surface area contributed by atoms with Crippen molar-refractivity contribution in [2.75, 3.05) is 12.8 Å². The second kappa shape index (κ2) is 6.58. The van der Waals surface area contributed by atoms with Crippen LogP contribution in [0, 0.1) is 0 Å². The molecule has 0 saturated carbocycles. The van der Waals surface area contributed by atoms with Gasteiger partial charge in [0.1, 0.15) is 6.04 Å². The number of nitrogens with zero attached hydrogens (tertiary/aromatic N) is 2. The normalized spacial score (nSPS) is 20.8. The van der Waals surface area contributed by atoms with Gasteiger partial charge < -0.3 is 10.2 Å². The fourth-order valence-electron chi connectivity index (χ4n) is 2.11. The van der Waals surface area contributed by atoms with Crippen molar-refractivity contribution in [3.8, 4) is 0 Å². The Bertz CT molecular complexity index is 569. The molecule has 122 valence electrons. The summed E-state index contributed by atoms with van der Waals surface area (Å²) in [6.45, 7) is 8.44. The highest BCUT2D eigenvalue weighted by atomic mass is 32.2. The molecular formula is C15H23N3O2S2. The number of carbonyl (C=O) groups excluding carboxylic acids is 2. The van der Waals surface area contributed by atoms with Crippen LogP contribution in [0.4, 0.5) is 0 Å². The van der Waals surface area contributed by atoms with E-state index in [9.17, 15) is 9.59 Å². The topological polar surface area (TPSA) is 62.3 Å². The molecule has 7 heteroatoms. The van der Waals surface area contributed by atoms with E-state index in [-0.39, 0.29) is 11.8 Å². The van der Waals surface area contributed by atoms with Crippen molar-refractivity contribution in [2.45, 2.75) is 50.9 Å². The maximum Gasteiger partial charge on any atom is 0.246 e. The first-order chi connectivity index (χ1) is 10.2. The van der Waals surface area contributed by atoms with Crippen LogP contribution in [-0.2, 0) is 16.1 Å². The van der Waals surface area contributed by atoms with Gasteiger partial charge in [0.25, 0.3) is 0 Å². The van der Waals surface area contributed by atoms with Crippen molar-refractivity contribution in [2.24, 2.45) is 0 Å². The summed E-state index contributed by atoms with van der Waals surface area (Å²) < 4.78 is -0.462. The minimum absolute atomic E-state index is 0.0598. The third-order valence-corrected chi connectivity index (χ3v) is 6.20. The summed E-state index contributed by atoms with van der Waals surface area (Å²) in [6.07, 6.45) is 0. The number of hydrogen-bond acceptors (Lipinski definition) is 5. The fraction of sp³-hybridized carbons (Fsp3) is 0.667. The molecule has 0 bridgehead atoms. The Morgan fingerprint density at radius 3 is 2.77 bits per heavy atom. The monoisotopic (exact) mass is 341 g/mol. The van der Waals surface area contributed by atoms with E-state index in [1.165, 1.54) is 11.8 Å². The first kappa shape index (κ1) is 17.3. The van der Waals surface area contributed by atoms with Crippen molar-refractivity contribution in [3.63, 3.8) is 0 Å². The summed E-state index contributed by atoms with van der Waals surface area (Å²) in [5.41, 5.74) is 0.902. The highest BCUT2D eigenvalue weighted by Gasteiger charge is 2.38. The second-order valence-electron chi connectivity index (χ2n) is 6.37. The number of thiazole rings is 1. The molecule has 0 radical (unpaired) electrons. The molecule has 1 aliphatic heterocycles.